The monoisotopic (exact) mass is 421 g/mol. The largest absolute Gasteiger partial charge is 0.488 e. The molecule has 0 aliphatic rings. The minimum absolute atomic E-state index is 0.0651. The summed E-state index contributed by atoms with van der Waals surface area (Å²) in [4.78, 5) is 12.7. The van der Waals surface area contributed by atoms with Crippen molar-refractivity contribution in [3.8, 4) is 11.5 Å². The zero-order valence-electron chi connectivity index (χ0n) is 19.8. The van der Waals surface area contributed by atoms with Crippen LogP contribution in [0.3, 0.4) is 0 Å². The normalized spacial score (nSPS) is 12.0. The van der Waals surface area contributed by atoms with Crippen molar-refractivity contribution in [2.75, 3.05) is 12.4 Å². The fraction of sp³-hybridized carbons (Fsp3) is 0.370. The highest BCUT2D eigenvalue weighted by Crippen LogP contribution is 2.35. The summed E-state index contributed by atoms with van der Waals surface area (Å²) < 4.78 is 12.4. The molecule has 4 heteroatoms. The Hall–Kier alpha value is -3.01. The van der Waals surface area contributed by atoms with E-state index in [0.29, 0.717) is 17.7 Å². The summed E-state index contributed by atoms with van der Waals surface area (Å²) in [6.07, 6.45) is 5.89. The number of benzene rings is 2. The molecule has 0 saturated carbocycles. The number of hydrogen-bond acceptors (Lipinski definition) is 4. The second kappa shape index (κ2) is 9.86. The molecule has 0 atom stereocenters. The van der Waals surface area contributed by atoms with Gasteiger partial charge in [-0.1, -0.05) is 6.08 Å². The molecule has 4 nitrogen and oxygen atoms in total. The molecule has 0 aliphatic heterocycles. The number of ether oxygens (including phenoxy) is 2. The molecule has 2 rings (SSSR count). The zero-order chi connectivity index (χ0) is 23.2. The van der Waals surface area contributed by atoms with Crippen molar-refractivity contribution in [1.29, 1.82) is 0 Å². The van der Waals surface area contributed by atoms with E-state index < -0.39 is 5.60 Å². The van der Waals surface area contributed by atoms with Crippen LogP contribution in [0.4, 0.5) is 5.69 Å². The van der Waals surface area contributed by atoms with Crippen LogP contribution < -0.4 is 14.8 Å². The van der Waals surface area contributed by atoms with Crippen molar-refractivity contribution < 1.29 is 14.3 Å². The first kappa shape index (κ1) is 24.3. The molecule has 166 valence electrons. The second-order valence-electron chi connectivity index (χ2n) is 9.44. The first-order valence-corrected chi connectivity index (χ1v) is 10.6. The van der Waals surface area contributed by atoms with Gasteiger partial charge in [-0.3, -0.25) is 4.79 Å². The Morgan fingerprint density at radius 3 is 2.06 bits per heavy atom. The Balaban J connectivity index is 2.46. The summed E-state index contributed by atoms with van der Waals surface area (Å²) in [5.74, 6) is 1.37. The third kappa shape index (κ3) is 7.63. The topological polar surface area (TPSA) is 47.6 Å². The fourth-order valence-corrected chi connectivity index (χ4v) is 2.98. The Labute approximate surface area is 187 Å². The van der Waals surface area contributed by atoms with E-state index in [4.69, 9.17) is 9.47 Å². The molecule has 0 amide bonds. The van der Waals surface area contributed by atoms with Crippen LogP contribution in [-0.4, -0.2) is 24.0 Å². The lowest BCUT2D eigenvalue weighted by atomic mass is 10.0. The molecule has 31 heavy (non-hydrogen) atoms. The Kier molecular flexibility index (Phi) is 7.72. The van der Waals surface area contributed by atoms with E-state index in [0.717, 1.165) is 22.6 Å². The molecule has 0 radical (unpaired) electrons. The molecule has 0 fully saturated rings. The van der Waals surface area contributed by atoms with Gasteiger partial charge < -0.3 is 14.8 Å². The number of anilines is 1. The Morgan fingerprint density at radius 1 is 0.968 bits per heavy atom. The lowest BCUT2D eigenvalue weighted by Crippen LogP contribution is -2.25. The number of ketones is 1. The van der Waals surface area contributed by atoms with Crippen LogP contribution in [0.25, 0.3) is 6.08 Å². The lowest BCUT2D eigenvalue weighted by Gasteiger charge is -2.27. The maximum Gasteiger partial charge on any atom is 0.185 e. The van der Waals surface area contributed by atoms with Gasteiger partial charge in [0.1, 0.15) is 22.7 Å². The van der Waals surface area contributed by atoms with Crippen molar-refractivity contribution in [3.63, 3.8) is 0 Å². The summed E-state index contributed by atoms with van der Waals surface area (Å²) in [6.45, 7) is 15.9. The van der Waals surface area contributed by atoms with Gasteiger partial charge in [0.05, 0.1) is 0 Å². The van der Waals surface area contributed by atoms with Gasteiger partial charge in [0.2, 0.25) is 0 Å². The highest BCUT2D eigenvalue weighted by Gasteiger charge is 2.20. The van der Waals surface area contributed by atoms with Gasteiger partial charge in [-0.25, -0.2) is 0 Å². The first-order valence-electron chi connectivity index (χ1n) is 10.6. The van der Waals surface area contributed by atoms with Gasteiger partial charge in [0, 0.05) is 29.9 Å². The summed E-state index contributed by atoms with van der Waals surface area (Å²) in [5, 5.41) is 3.05. The average molecular weight is 422 g/mol. The molecule has 0 spiro atoms. The standard InChI is InChI=1S/C27H35NO3/c1-9-10-20-17-21(13-16-23(29)19-11-14-22(28-8)15-12-19)25(31-27(5,6)7)18-24(20)30-26(2,3)4/h9,11-18,28H,1,10H2,2-8H3/b16-13+. The predicted molar refractivity (Wildman–Crippen MR) is 130 cm³/mol. The number of rotatable bonds is 8. The number of nitrogens with one attached hydrogen (secondary N) is 1. The van der Waals surface area contributed by atoms with Gasteiger partial charge >= 0.3 is 0 Å². The molecule has 0 aliphatic carbocycles. The Morgan fingerprint density at radius 2 is 1.55 bits per heavy atom. The zero-order valence-corrected chi connectivity index (χ0v) is 19.8. The minimum Gasteiger partial charge on any atom is -0.488 e. The van der Waals surface area contributed by atoms with E-state index in [1.165, 1.54) is 0 Å². The van der Waals surface area contributed by atoms with E-state index in [1.54, 1.807) is 6.08 Å². The van der Waals surface area contributed by atoms with Crippen molar-refractivity contribution in [2.45, 2.75) is 59.2 Å². The maximum absolute atomic E-state index is 12.7. The molecule has 0 aromatic heterocycles. The van der Waals surface area contributed by atoms with Crippen molar-refractivity contribution in [2.24, 2.45) is 0 Å². The first-order chi connectivity index (χ1) is 14.4. The van der Waals surface area contributed by atoms with Crippen molar-refractivity contribution in [3.05, 3.63) is 71.8 Å². The van der Waals surface area contributed by atoms with Gasteiger partial charge in [-0.2, -0.15) is 0 Å². The number of carbonyl (C=O) groups is 1. The van der Waals surface area contributed by atoms with Gasteiger partial charge in [-0.15, -0.1) is 6.58 Å². The van der Waals surface area contributed by atoms with E-state index in [1.807, 2.05) is 97.1 Å². The van der Waals surface area contributed by atoms with Crippen molar-refractivity contribution >= 4 is 17.5 Å². The van der Waals surface area contributed by atoms with E-state index in [-0.39, 0.29) is 11.4 Å². The molecule has 0 bridgehead atoms. The van der Waals surface area contributed by atoms with Gasteiger partial charge in [0.25, 0.3) is 0 Å². The lowest BCUT2D eigenvalue weighted by molar-refractivity contribution is 0.104. The SMILES string of the molecule is C=CCc1cc(/C=C/C(=O)c2ccc(NC)cc2)c(OC(C)(C)C)cc1OC(C)(C)C. The minimum atomic E-state index is -0.394. The van der Waals surface area contributed by atoms with Gasteiger partial charge in [0.15, 0.2) is 5.78 Å². The van der Waals surface area contributed by atoms with Crippen LogP contribution in [0.1, 0.15) is 63.0 Å². The van der Waals surface area contributed by atoms with Crippen LogP contribution in [0.2, 0.25) is 0 Å². The van der Waals surface area contributed by atoms with Crippen LogP contribution in [0, 0.1) is 0 Å². The molecular formula is C27H35NO3. The average Bonchev–Trinajstić information content (AvgIpc) is 2.66. The highest BCUT2D eigenvalue weighted by molar-refractivity contribution is 6.07. The van der Waals surface area contributed by atoms with E-state index in [9.17, 15) is 4.79 Å². The number of carbonyl (C=O) groups excluding carboxylic acids is 1. The van der Waals surface area contributed by atoms with Crippen LogP contribution in [-0.2, 0) is 6.42 Å². The van der Waals surface area contributed by atoms with E-state index in [2.05, 4.69) is 11.9 Å². The molecule has 0 unspecified atom stereocenters. The quantitative estimate of drug-likeness (QED) is 0.292. The summed E-state index contributed by atoms with van der Waals surface area (Å²) in [5.41, 5.74) is 2.68. The molecule has 0 saturated heterocycles. The molecule has 0 heterocycles. The molecular weight excluding hydrogens is 386 g/mol. The predicted octanol–water partition coefficient (Wildman–Crippen LogP) is 6.71. The smallest absolute Gasteiger partial charge is 0.185 e. The van der Waals surface area contributed by atoms with Crippen LogP contribution >= 0.6 is 0 Å². The van der Waals surface area contributed by atoms with E-state index >= 15 is 0 Å². The number of hydrogen-bond donors (Lipinski definition) is 1. The molecule has 2 aromatic carbocycles. The summed E-state index contributed by atoms with van der Waals surface area (Å²) >= 11 is 0. The van der Waals surface area contributed by atoms with Crippen LogP contribution in [0.5, 0.6) is 11.5 Å². The van der Waals surface area contributed by atoms with Gasteiger partial charge in [-0.05, 0) is 96.0 Å². The highest BCUT2D eigenvalue weighted by atomic mass is 16.5. The molecule has 1 N–H and O–H groups in total. The fourth-order valence-electron chi connectivity index (χ4n) is 2.98. The maximum atomic E-state index is 12.7. The number of allylic oxidation sites excluding steroid dienone is 2. The Bertz CT molecular complexity index is 942. The molecule has 2 aromatic rings. The second-order valence-corrected chi connectivity index (χ2v) is 9.44. The summed E-state index contributed by atoms with van der Waals surface area (Å²) in [7, 11) is 1.85. The third-order valence-electron chi connectivity index (χ3n) is 4.26. The van der Waals surface area contributed by atoms with Crippen molar-refractivity contribution in [1.82, 2.24) is 0 Å². The van der Waals surface area contributed by atoms with Crippen LogP contribution in [0.15, 0.2) is 55.1 Å². The third-order valence-corrected chi connectivity index (χ3v) is 4.26. The summed E-state index contributed by atoms with van der Waals surface area (Å²) in [6, 6.07) is 11.3.